The SMILES string of the molecule is C[C@@]12CCC(=O)[C@](C)(CO)[C@H]1CC[C@@]13C[C@H]4[C@@H](C[C@H]12)[C@@]4(C)C3. The summed E-state index contributed by atoms with van der Waals surface area (Å²) in [7, 11) is 0. The Morgan fingerprint density at radius 1 is 1.09 bits per heavy atom. The molecule has 122 valence electrons. The van der Waals surface area contributed by atoms with Crippen molar-refractivity contribution in [3.63, 3.8) is 0 Å². The quantitative estimate of drug-likeness (QED) is 0.799. The fourth-order valence-corrected chi connectivity index (χ4v) is 8.67. The summed E-state index contributed by atoms with van der Waals surface area (Å²) >= 11 is 0. The number of carbonyl (C=O) groups excluding carboxylic acids is 1. The van der Waals surface area contributed by atoms with Crippen molar-refractivity contribution < 1.29 is 9.90 Å². The van der Waals surface area contributed by atoms with Gasteiger partial charge < -0.3 is 5.11 Å². The van der Waals surface area contributed by atoms with E-state index < -0.39 is 5.41 Å². The van der Waals surface area contributed by atoms with Gasteiger partial charge in [-0.3, -0.25) is 4.79 Å². The zero-order chi connectivity index (χ0) is 15.5. The lowest BCUT2D eigenvalue weighted by Gasteiger charge is -2.65. The maximum Gasteiger partial charge on any atom is 0.141 e. The van der Waals surface area contributed by atoms with Gasteiger partial charge in [0.05, 0.1) is 12.0 Å². The molecule has 1 N–H and O–H groups in total. The molecular formula is C20H30O2. The summed E-state index contributed by atoms with van der Waals surface area (Å²) in [6.07, 6.45) is 8.62. The van der Waals surface area contributed by atoms with Crippen molar-refractivity contribution >= 4 is 5.78 Å². The minimum absolute atomic E-state index is 0.0512. The second kappa shape index (κ2) is 3.66. The molecular weight excluding hydrogens is 272 g/mol. The zero-order valence-corrected chi connectivity index (χ0v) is 14.3. The summed E-state index contributed by atoms with van der Waals surface area (Å²) in [6, 6.07) is 0. The van der Waals surface area contributed by atoms with Crippen LogP contribution < -0.4 is 0 Å². The van der Waals surface area contributed by atoms with Gasteiger partial charge in [0.15, 0.2) is 0 Å². The maximum atomic E-state index is 12.6. The predicted molar refractivity (Wildman–Crippen MR) is 85.1 cm³/mol. The van der Waals surface area contributed by atoms with E-state index in [0.29, 0.717) is 34.4 Å². The Morgan fingerprint density at radius 3 is 2.50 bits per heavy atom. The van der Waals surface area contributed by atoms with Gasteiger partial charge in [-0.2, -0.15) is 0 Å². The fraction of sp³-hybridized carbons (Fsp3) is 0.950. The smallest absolute Gasteiger partial charge is 0.141 e. The zero-order valence-electron chi connectivity index (χ0n) is 14.3. The lowest BCUT2D eigenvalue weighted by Crippen LogP contribution is -2.61. The Labute approximate surface area is 134 Å². The Balaban J connectivity index is 1.56. The van der Waals surface area contributed by atoms with Crippen molar-refractivity contribution in [3.8, 4) is 0 Å². The van der Waals surface area contributed by atoms with E-state index in [1.54, 1.807) is 0 Å². The Hall–Kier alpha value is -0.370. The second-order valence-corrected chi connectivity index (χ2v) is 10.3. The molecule has 6 saturated carbocycles. The van der Waals surface area contributed by atoms with E-state index in [9.17, 15) is 9.90 Å². The van der Waals surface area contributed by atoms with Crippen molar-refractivity contribution in [1.29, 1.82) is 0 Å². The second-order valence-electron chi connectivity index (χ2n) is 10.3. The molecule has 0 aromatic carbocycles. The van der Waals surface area contributed by atoms with Crippen LogP contribution in [0, 0.1) is 45.3 Å². The van der Waals surface area contributed by atoms with E-state index in [2.05, 4.69) is 20.8 Å². The maximum absolute atomic E-state index is 12.6. The molecule has 0 aromatic rings. The first kappa shape index (κ1) is 14.0. The molecule has 0 unspecified atom stereocenters. The Bertz CT molecular complexity index is 570. The van der Waals surface area contributed by atoms with Gasteiger partial charge in [0, 0.05) is 6.42 Å². The highest BCUT2D eigenvalue weighted by Crippen LogP contribution is 2.85. The molecule has 8 atom stereocenters. The third-order valence-corrected chi connectivity index (χ3v) is 9.81. The monoisotopic (exact) mass is 302 g/mol. The fourth-order valence-electron chi connectivity index (χ4n) is 8.67. The molecule has 0 saturated heterocycles. The third-order valence-electron chi connectivity index (χ3n) is 9.81. The lowest BCUT2D eigenvalue weighted by atomic mass is 9.39. The first-order valence-electron chi connectivity index (χ1n) is 9.44. The Morgan fingerprint density at radius 2 is 1.86 bits per heavy atom. The van der Waals surface area contributed by atoms with E-state index in [-0.39, 0.29) is 6.61 Å². The highest BCUT2D eigenvalue weighted by atomic mass is 16.3. The van der Waals surface area contributed by atoms with Crippen LogP contribution >= 0.6 is 0 Å². The first-order valence-corrected chi connectivity index (χ1v) is 9.44. The van der Waals surface area contributed by atoms with Crippen LogP contribution in [0.3, 0.4) is 0 Å². The van der Waals surface area contributed by atoms with E-state index in [4.69, 9.17) is 0 Å². The average Bonchev–Trinajstić information content (AvgIpc) is 2.94. The van der Waals surface area contributed by atoms with Crippen molar-refractivity contribution in [1.82, 2.24) is 0 Å². The van der Waals surface area contributed by atoms with Gasteiger partial charge in [-0.15, -0.1) is 0 Å². The predicted octanol–water partition coefficient (Wildman–Crippen LogP) is 3.82. The molecule has 22 heavy (non-hydrogen) atoms. The van der Waals surface area contributed by atoms with Crippen LogP contribution in [0.15, 0.2) is 0 Å². The van der Waals surface area contributed by atoms with Crippen LogP contribution in [0.5, 0.6) is 0 Å². The van der Waals surface area contributed by atoms with Gasteiger partial charge in [-0.05, 0) is 78.4 Å². The number of aliphatic hydroxyl groups is 1. The van der Waals surface area contributed by atoms with Gasteiger partial charge in [0.25, 0.3) is 0 Å². The average molecular weight is 302 g/mol. The van der Waals surface area contributed by atoms with E-state index in [0.717, 1.165) is 24.2 Å². The van der Waals surface area contributed by atoms with E-state index in [1.165, 1.54) is 32.1 Å². The molecule has 2 nitrogen and oxygen atoms in total. The number of hydrogen-bond acceptors (Lipinski definition) is 2. The summed E-state index contributed by atoms with van der Waals surface area (Å²) in [5.41, 5.74) is 1.10. The lowest BCUT2D eigenvalue weighted by molar-refractivity contribution is -0.180. The van der Waals surface area contributed by atoms with Crippen molar-refractivity contribution in [3.05, 3.63) is 0 Å². The van der Waals surface area contributed by atoms with Gasteiger partial charge in [-0.25, -0.2) is 0 Å². The molecule has 2 heteroatoms. The number of rotatable bonds is 1. The van der Waals surface area contributed by atoms with Crippen LogP contribution in [0.4, 0.5) is 0 Å². The van der Waals surface area contributed by atoms with Crippen LogP contribution in [-0.4, -0.2) is 17.5 Å². The molecule has 1 spiro atoms. The number of carbonyl (C=O) groups is 1. The molecule has 6 fully saturated rings. The first-order chi connectivity index (χ1) is 10.3. The van der Waals surface area contributed by atoms with Crippen LogP contribution in [-0.2, 0) is 4.79 Å². The third kappa shape index (κ3) is 1.26. The molecule has 6 aliphatic carbocycles. The number of hydrogen-bond donors (Lipinski definition) is 1. The van der Waals surface area contributed by atoms with E-state index in [1.807, 2.05) is 0 Å². The summed E-state index contributed by atoms with van der Waals surface area (Å²) < 4.78 is 0. The van der Waals surface area contributed by atoms with Crippen molar-refractivity contribution in [2.45, 2.75) is 65.7 Å². The minimum Gasteiger partial charge on any atom is -0.395 e. The Kier molecular flexibility index (Phi) is 2.33. The standard InChI is InChI=1S/C20H30O2/c1-17-6-5-16(22)19(3,11-21)14(17)4-7-20-9-13-12(8-15(17)20)18(13,2)10-20/h12-15,21H,4-11H2,1-3H3/t12-,13+,14+,15+,17-,18-,19-,20+/m1/s1. The summed E-state index contributed by atoms with van der Waals surface area (Å²) in [5, 5.41) is 10.0. The normalized spacial score (nSPS) is 65.0. The largest absolute Gasteiger partial charge is 0.395 e. The van der Waals surface area contributed by atoms with E-state index >= 15 is 0 Å². The number of fused-ring (bicyclic) bond motifs is 1. The summed E-state index contributed by atoms with van der Waals surface area (Å²) in [6.45, 7) is 7.14. The molecule has 4 bridgehead atoms. The topological polar surface area (TPSA) is 37.3 Å². The highest BCUT2D eigenvalue weighted by Gasteiger charge is 2.78. The number of Topliss-reactive ketones (excluding diaryl/α,β-unsaturated/α-hetero) is 1. The van der Waals surface area contributed by atoms with Gasteiger partial charge in [0.1, 0.15) is 5.78 Å². The molecule has 0 heterocycles. The van der Waals surface area contributed by atoms with Gasteiger partial charge in [0.2, 0.25) is 0 Å². The molecule has 0 amide bonds. The number of aliphatic hydroxyl groups excluding tert-OH is 1. The summed E-state index contributed by atoms with van der Waals surface area (Å²) in [5.74, 6) is 3.55. The molecule has 0 radical (unpaired) electrons. The highest BCUT2D eigenvalue weighted by molar-refractivity contribution is 5.86. The van der Waals surface area contributed by atoms with Gasteiger partial charge >= 0.3 is 0 Å². The van der Waals surface area contributed by atoms with Crippen LogP contribution in [0.2, 0.25) is 0 Å². The van der Waals surface area contributed by atoms with Gasteiger partial charge in [-0.1, -0.05) is 20.8 Å². The molecule has 0 aromatic heterocycles. The molecule has 0 aliphatic heterocycles. The number of ketones is 1. The summed E-state index contributed by atoms with van der Waals surface area (Å²) in [4.78, 5) is 12.6. The van der Waals surface area contributed by atoms with Crippen molar-refractivity contribution in [2.75, 3.05) is 6.61 Å². The minimum atomic E-state index is -0.470. The molecule has 6 rings (SSSR count). The van der Waals surface area contributed by atoms with Crippen LogP contribution in [0.25, 0.3) is 0 Å². The van der Waals surface area contributed by atoms with Crippen LogP contribution in [0.1, 0.15) is 65.7 Å². The molecule has 6 aliphatic rings. The van der Waals surface area contributed by atoms with Crippen molar-refractivity contribution in [2.24, 2.45) is 45.3 Å².